The summed E-state index contributed by atoms with van der Waals surface area (Å²) in [5.74, 6) is -0.589. The SMILES string of the molecule is CC1(O)CCN(C(=O)/C=C/c2ccc(F)c(Cl)c2)CC1. The maximum atomic E-state index is 13.0. The van der Waals surface area contributed by atoms with E-state index < -0.39 is 11.4 Å². The van der Waals surface area contributed by atoms with Crippen molar-refractivity contribution >= 4 is 23.6 Å². The van der Waals surface area contributed by atoms with Gasteiger partial charge >= 0.3 is 0 Å². The van der Waals surface area contributed by atoms with Crippen LogP contribution in [0.4, 0.5) is 4.39 Å². The number of carbonyl (C=O) groups excluding carboxylic acids is 1. The summed E-state index contributed by atoms with van der Waals surface area (Å²) in [5, 5.41) is 9.87. The van der Waals surface area contributed by atoms with Crippen LogP contribution < -0.4 is 0 Å². The van der Waals surface area contributed by atoms with Gasteiger partial charge in [0.2, 0.25) is 5.91 Å². The molecule has 0 atom stereocenters. The van der Waals surface area contributed by atoms with Gasteiger partial charge in [-0.1, -0.05) is 17.7 Å². The van der Waals surface area contributed by atoms with Gasteiger partial charge in [-0.3, -0.25) is 4.79 Å². The Balaban J connectivity index is 1.97. The minimum absolute atomic E-state index is 0.0358. The minimum Gasteiger partial charge on any atom is -0.390 e. The predicted octanol–water partition coefficient (Wildman–Crippen LogP) is 2.87. The van der Waals surface area contributed by atoms with Crippen LogP contribution in [0.3, 0.4) is 0 Å². The van der Waals surface area contributed by atoms with Gasteiger partial charge in [0, 0.05) is 19.2 Å². The first-order valence-corrected chi connectivity index (χ1v) is 6.90. The molecule has 1 fully saturated rings. The topological polar surface area (TPSA) is 40.5 Å². The third-order valence-corrected chi connectivity index (χ3v) is 3.80. The van der Waals surface area contributed by atoms with Crippen molar-refractivity contribution in [3.8, 4) is 0 Å². The fourth-order valence-corrected chi connectivity index (χ4v) is 2.29. The van der Waals surface area contributed by atoms with Gasteiger partial charge in [-0.2, -0.15) is 0 Å². The van der Waals surface area contributed by atoms with Crippen molar-refractivity contribution in [2.75, 3.05) is 13.1 Å². The molecule has 1 N–H and O–H groups in total. The smallest absolute Gasteiger partial charge is 0.246 e. The second-order valence-electron chi connectivity index (χ2n) is 5.33. The van der Waals surface area contributed by atoms with Crippen LogP contribution >= 0.6 is 11.6 Å². The highest BCUT2D eigenvalue weighted by Gasteiger charge is 2.28. The number of piperidine rings is 1. The van der Waals surface area contributed by atoms with Crippen LogP contribution in [0.15, 0.2) is 24.3 Å². The van der Waals surface area contributed by atoms with Gasteiger partial charge in [0.05, 0.1) is 10.6 Å². The average molecular weight is 298 g/mol. The van der Waals surface area contributed by atoms with Gasteiger partial charge in [0.15, 0.2) is 0 Å². The number of hydrogen-bond acceptors (Lipinski definition) is 2. The van der Waals surface area contributed by atoms with Crippen LogP contribution in [0.2, 0.25) is 5.02 Å². The molecule has 108 valence electrons. The molecule has 0 aromatic heterocycles. The second kappa shape index (κ2) is 5.94. The van der Waals surface area contributed by atoms with Gasteiger partial charge in [0.1, 0.15) is 5.82 Å². The highest BCUT2D eigenvalue weighted by Crippen LogP contribution is 2.21. The van der Waals surface area contributed by atoms with Gasteiger partial charge in [-0.15, -0.1) is 0 Å². The summed E-state index contributed by atoms with van der Waals surface area (Å²) < 4.78 is 13.0. The van der Waals surface area contributed by atoms with E-state index in [1.807, 2.05) is 0 Å². The van der Waals surface area contributed by atoms with Crippen molar-refractivity contribution in [1.82, 2.24) is 4.90 Å². The number of carbonyl (C=O) groups is 1. The van der Waals surface area contributed by atoms with Crippen LogP contribution in [-0.2, 0) is 4.79 Å². The maximum absolute atomic E-state index is 13.0. The molecule has 3 nitrogen and oxygen atoms in total. The Morgan fingerprint density at radius 1 is 1.45 bits per heavy atom. The molecule has 0 aliphatic carbocycles. The summed E-state index contributed by atoms with van der Waals surface area (Å²) in [7, 11) is 0. The van der Waals surface area contributed by atoms with Crippen molar-refractivity contribution in [3.05, 3.63) is 40.7 Å². The van der Waals surface area contributed by atoms with Gasteiger partial charge in [-0.05, 0) is 43.5 Å². The van der Waals surface area contributed by atoms with Crippen LogP contribution in [0, 0.1) is 5.82 Å². The first-order valence-electron chi connectivity index (χ1n) is 6.52. The molecule has 20 heavy (non-hydrogen) atoms. The molecule has 0 bridgehead atoms. The van der Waals surface area contributed by atoms with Crippen LogP contribution in [0.5, 0.6) is 0 Å². The van der Waals surface area contributed by atoms with Gasteiger partial charge < -0.3 is 10.0 Å². The fourth-order valence-electron chi connectivity index (χ4n) is 2.10. The molecule has 1 aliphatic rings. The molecule has 2 rings (SSSR count). The number of amides is 1. The largest absolute Gasteiger partial charge is 0.390 e. The van der Waals surface area contributed by atoms with Gasteiger partial charge in [0.25, 0.3) is 0 Å². The minimum atomic E-state index is -0.676. The molecule has 0 radical (unpaired) electrons. The van der Waals surface area contributed by atoms with E-state index in [1.165, 1.54) is 18.2 Å². The van der Waals surface area contributed by atoms with Crippen LogP contribution in [0.25, 0.3) is 6.08 Å². The summed E-state index contributed by atoms with van der Waals surface area (Å²) in [4.78, 5) is 13.7. The summed E-state index contributed by atoms with van der Waals surface area (Å²) in [6.45, 7) is 2.87. The third-order valence-electron chi connectivity index (χ3n) is 3.51. The summed E-state index contributed by atoms with van der Waals surface area (Å²) in [6, 6.07) is 4.30. The van der Waals surface area contributed by atoms with E-state index in [1.54, 1.807) is 24.0 Å². The molecule has 0 unspecified atom stereocenters. The standard InChI is InChI=1S/C15H17ClFNO2/c1-15(20)6-8-18(9-7-15)14(19)5-3-11-2-4-13(17)12(16)10-11/h2-5,10,20H,6-9H2,1H3/b5-3+. The zero-order valence-corrected chi connectivity index (χ0v) is 12.0. The lowest BCUT2D eigenvalue weighted by Crippen LogP contribution is -2.44. The summed E-state index contributed by atoms with van der Waals surface area (Å²) in [5.41, 5.74) is -0.000845. The molecular formula is C15H17ClFNO2. The van der Waals surface area contributed by atoms with E-state index in [9.17, 15) is 14.3 Å². The lowest BCUT2D eigenvalue weighted by molar-refractivity contribution is -0.129. The highest BCUT2D eigenvalue weighted by atomic mass is 35.5. The lowest BCUT2D eigenvalue weighted by Gasteiger charge is -2.35. The van der Waals surface area contributed by atoms with E-state index in [4.69, 9.17) is 11.6 Å². The highest BCUT2D eigenvalue weighted by molar-refractivity contribution is 6.30. The van der Waals surface area contributed by atoms with Crippen molar-refractivity contribution < 1.29 is 14.3 Å². The van der Waals surface area contributed by atoms with Crippen molar-refractivity contribution in [2.24, 2.45) is 0 Å². The number of rotatable bonds is 2. The quantitative estimate of drug-likeness (QED) is 0.853. The molecule has 1 amide bonds. The number of hydrogen-bond donors (Lipinski definition) is 1. The Morgan fingerprint density at radius 3 is 2.70 bits per heavy atom. The molecule has 0 spiro atoms. The molecule has 1 heterocycles. The van der Waals surface area contributed by atoms with E-state index in [0.717, 1.165) is 0 Å². The van der Waals surface area contributed by atoms with Crippen molar-refractivity contribution in [3.63, 3.8) is 0 Å². The van der Waals surface area contributed by atoms with Crippen LogP contribution in [0.1, 0.15) is 25.3 Å². The second-order valence-corrected chi connectivity index (χ2v) is 5.74. The number of nitrogens with zero attached hydrogens (tertiary/aromatic N) is 1. The Kier molecular flexibility index (Phi) is 4.45. The first-order chi connectivity index (χ1) is 9.37. The van der Waals surface area contributed by atoms with Crippen LogP contribution in [-0.4, -0.2) is 34.6 Å². The average Bonchev–Trinajstić information content (AvgIpc) is 2.40. The third kappa shape index (κ3) is 3.81. The van der Waals surface area contributed by atoms with E-state index in [0.29, 0.717) is 31.5 Å². The summed E-state index contributed by atoms with van der Waals surface area (Å²) >= 11 is 5.68. The monoisotopic (exact) mass is 297 g/mol. The maximum Gasteiger partial charge on any atom is 0.246 e. The van der Waals surface area contributed by atoms with Gasteiger partial charge in [-0.25, -0.2) is 4.39 Å². The zero-order chi connectivity index (χ0) is 14.8. The molecule has 5 heteroatoms. The summed E-state index contributed by atoms with van der Waals surface area (Å²) in [6.07, 6.45) is 4.22. The first kappa shape index (κ1) is 15.0. The fraction of sp³-hybridized carbons (Fsp3) is 0.400. The number of halogens is 2. The number of likely N-dealkylation sites (tertiary alicyclic amines) is 1. The Bertz CT molecular complexity index is 533. The van der Waals surface area contributed by atoms with E-state index >= 15 is 0 Å². The molecule has 1 aliphatic heterocycles. The molecule has 0 saturated carbocycles. The van der Waals surface area contributed by atoms with Crippen molar-refractivity contribution in [2.45, 2.75) is 25.4 Å². The zero-order valence-electron chi connectivity index (χ0n) is 11.3. The molecule has 1 saturated heterocycles. The molecule has 1 aromatic carbocycles. The van der Waals surface area contributed by atoms with Crippen molar-refractivity contribution in [1.29, 1.82) is 0 Å². The molecule has 1 aromatic rings. The Labute approximate surface area is 122 Å². The number of benzene rings is 1. The predicted molar refractivity (Wildman–Crippen MR) is 76.9 cm³/mol. The van der Waals surface area contributed by atoms with E-state index in [-0.39, 0.29) is 10.9 Å². The normalized spacial score (nSPS) is 18.5. The number of aliphatic hydroxyl groups is 1. The Hall–Kier alpha value is -1.39. The lowest BCUT2D eigenvalue weighted by atomic mass is 9.94. The van der Waals surface area contributed by atoms with E-state index in [2.05, 4.69) is 0 Å². The Morgan fingerprint density at radius 2 is 2.10 bits per heavy atom. The molecular weight excluding hydrogens is 281 g/mol.